The van der Waals surface area contributed by atoms with Crippen molar-refractivity contribution in [1.82, 2.24) is 5.32 Å². The molecule has 0 unspecified atom stereocenters. The summed E-state index contributed by atoms with van der Waals surface area (Å²) in [5.74, 6) is 0. The predicted molar refractivity (Wildman–Crippen MR) is 51.5 cm³/mol. The number of hydrogen-bond donors (Lipinski definition) is 1. The molecule has 0 aliphatic carbocycles. The Morgan fingerprint density at radius 1 is 1.33 bits per heavy atom. The third-order valence-electron chi connectivity index (χ3n) is 1.64. The molecule has 0 aromatic heterocycles. The average Bonchev–Trinajstić information content (AvgIpc) is 2.06. The zero-order valence-corrected chi connectivity index (χ0v) is 8.15. The van der Waals surface area contributed by atoms with Gasteiger partial charge in [0.1, 0.15) is 0 Å². The molecule has 0 spiro atoms. The molecule has 0 bridgehead atoms. The van der Waals surface area contributed by atoms with Crippen molar-refractivity contribution in [3.05, 3.63) is 29.8 Å². The highest BCUT2D eigenvalue weighted by Gasteiger charge is 1.95. The van der Waals surface area contributed by atoms with Crippen molar-refractivity contribution >= 4 is 10.8 Å². The van der Waals surface area contributed by atoms with Gasteiger partial charge in [0.2, 0.25) is 0 Å². The van der Waals surface area contributed by atoms with Gasteiger partial charge in [0.15, 0.2) is 0 Å². The lowest BCUT2D eigenvalue weighted by Gasteiger charge is -2.00. The highest BCUT2D eigenvalue weighted by atomic mass is 32.2. The van der Waals surface area contributed by atoms with Crippen molar-refractivity contribution in [3.8, 4) is 0 Å². The summed E-state index contributed by atoms with van der Waals surface area (Å²) in [6.45, 7) is 0.858. The van der Waals surface area contributed by atoms with E-state index < -0.39 is 10.8 Å². The van der Waals surface area contributed by atoms with E-state index >= 15 is 0 Å². The monoisotopic (exact) mass is 183 g/mol. The second-order valence-electron chi connectivity index (χ2n) is 2.63. The second kappa shape index (κ2) is 4.38. The molecule has 0 heterocycles. The highest BCUT2D eigenvalue weighted by molar-refractivity contribution is 7.84. The first-order chi connectivity index (χ1) is 5.74. The number of rotatable bonds is 3. The van der Waals surface area contributed by atoms with Crippen molar-refractivity contribution in [1.29, 1.82) is 0 Å². The van der Waals surface area contributed by atoms with E-state index in [4.69, 9.17) is 0 Å². The summed E-state index contributed by atoms with van der Waals surface area (Å²) in [7, 11) is 1.05. The third kappa shape index (κ3) is 2.43. The maximum absolute atomic E-state index is 11.0. The van der Waals surface area contributed by atoms with Crippen LogP contribution in [0.5, 0.6) is 0 Å². The fourth-order valence-electron chi connectivity index (χ4n) is 1.00. The van der Waals surface area contributed by atoms with Crippen LogP contribution < -0.4 is 5.32 Å². The minimum Gasteiger partial charge on any atom is -0.316 e. The summed E-state index contributed by atoms with van der Waals surface area (Å²) in [5, 5.41) is 3.06. The molecule has 3 heteroatoms. The molecule has 1 aromatic rings. The first-order valence-corrected chi connectivity index (χ1v) is 5.37. The Labute approximate surface area is 75.5 Å². The zero-order valence-electron chi connectivity index (χ0n) is 7.33. The Morgan fingerprint density at radius 3 is 2.33 bits per heavy atom. The molecule has 0 saturated carbocycles. The summed E-state index contributed by atoms with van der Waals surface area (Å²) in [5.41, 5.74) is 1.21. The van der Waals surface area contributed by atoms with Gasteiger partial charge in [0.25, 0.3) is 0 Å². The molecule has 1 aromatic carbocycles. The Kier molecular flexibility index (Phi) is 3.44. The standard InChI is InChI=1S/C9H13NOS/c1-10-7-8-3-5-9(6-4-8)12(2)11/h3-6,10H,7H2,1-2H3/t12-/m1/s1. The SMILES string of the molecule is CNCc1ccc([S@@](C)=O)cc1. The number of benzene rings is 1. The van der Waals surface area contributed by atoms with Gasteiger partial charge in [-0.3, -0.25) is 4.21 Å². The zero-order chi connectivity index (χ0) is 8.97. The van der Waals surface area contributed by atoms with Gasteiger partial charge in [-0.25, -0.2) is 0 Å². The van der Waals surface area contributed by atoms with Gasteiger partial charge in [-0.05, 0) is 24.7 Å². The lowest BCUT2D eigenvalue weighted by atomic mass is 10.2. The lowest BCUT2D eigenvalue weighted by Crippen LogP contribution is -2.04. The molecule has 0 amide bonds. The first-order valence-electron chi connectivity index (χ1n) is 3.81. The topological polar surface area (TPSA) is 29.1 Å². The minimum absolute atomic E-state index is 0.858. The van der Waals surface area contributed by atoms with Crippen LogP contribution in [0.15, 0.2) is 29.2 Å². The number of nitrogens with one attached hydrogen (secondary N) is 1. The Bertz CT molecular complexity index is 268. The van der Waals surface area contributed by atoms with Gasteiger partial charge >= 0.3 is 0 Å². The molecule has 0 radical (unpaired) electrons. The molecule has 66 valence electrons. The Morgan fingerprint density at radius 2 is 1.92 bits per heavy atom. The van der Waals surface area contributed by atoms with Crippen molar-refractivity contribution in [3.63, 3.8) is 0 Å². The van der Waals surface area contributed by atoms with Gasteiger partial charge < -0.3 is 5.32 Å². The Balaban J connectivity index is 2.78. The molecular weight excluding hydrogens is 170 g/mol. The van der Waals surface area contributed by atoms with E-state index in [1.165, 1.54) is 5.56 Å². The largest absolute Gasteiger partial charge is 0.316 e. The second-order valence-corrected chi connectivity index (χ2v) is 4.01. The minimum atomic E-state index is -0.862. The van der Waals surface area contributed by atoms with Crippen LogP contribution in [0.1, 0.15) is 5.56 Å². The molecule has 0 saturated heterocycles. The molecule has 12 heavy (non-hydrogen) atoms. The van der Waals surface area contributed by atoms with Crippen molar-refractivity contribution in [2.75, 3.05) is 13.3 Å². The molecule has 2 nitrogen and oxygen atoms in total. The maximum atomic E-state index is 11.0. The fourth-order valence-corrected chi connectivity index (χ4v) is 1.52. The third-order valence-corrected chi connectivity index (χ3v) is 2.57. The maximum Gasteiger partial charge on any atom is 0.0498 e. The Hall–Kier alpha value is -0.670. The molecule has 0 fully saturated rings. The quantitative estimate of drug-likeness (QED) is 0.761. The van der Waals surface area contributed by atoms with Gasteiger partial charge in [0, 0.05) is 28.5 Å². The van der Waals surface area contributed by atoms with Crippen LogP contribution in [0.25, 0.3) is 0 Å². The van der Waals surface area contributed by atoms with E-state index in [0.717, 1.165) is 11.4 Å². The van der Waals surface area contributed by atoms with Gasteiger partial charge in [-0.15, -0.1) is 0 Å². The van der Waals surface area contributed by atoms with Gasteiger partial charge in [-0.1, -0.05) is 12.1 Å². The average molecular weight is 183 g/mol. The number of hydrogen-bond acceptors (Lipinski definition) is 2. The fraction of sp³-hybridized carbons (Fsp3) is 0.333. The van der Waals surface area contributed by atoms with Crippen LogP contribution in [0.2, 0.25) is 0 Å². The molecular formula is C9H13NOS. The van der Waals surface area contributed by atoms with Crippen molar-refractivity contribution in [2.45, 2.75) is 11.4 Å². The normalized spacial score (nSPS) is 12.8. The van der Waals surface area contributed by atoms with E-state index in [1.54, 1.807) is 6.26 Å². The van der Waals surface area contributed by atoms with Gasteiger partial charge in [-0.2, -0.15) is 0 Å². The van der Waals surface area contributed by atoms with Gasteiger partial charge in [0.05, 0.1) is 0 Å². The van der Waals surface area contributed by atoms with E-state index in [1.807, 2.05) is 31.3 Å². The predicted octanol–water partition coefficient (Wildman–Crippen LogP) is 1.14. The van der Waals surface area contributed by atoms with Crippen LogP contribution in [0.4, 0.5) is 0 Å². The van der Waals surface area contributed by atoms with E-state index in [9.17, 15) is 4.21 Å². The summed E-state index contributed by atoms with van der Waals surface area (Å²) in [4.78, 5) is 0.884. The van der Waals surface area contributed by atoms with Crippen LogP contribution in [-0.4, -0.2) is 17.5 Å². The summed E-state index contributed by atoms with van der Waals surface area (Å²) < 4.78 is 11.0. The highest BCUT2D eigenvalue weighted by Crippen LogP contribution is 2.06. The smallest absolute Gasteiger partial charge is 0.0498 e. The van der Waals surface area contributed by atoms with Crippen molar-refractivity contribution < 1.29 is 4.21 Å². The lowest BCUT2D eigenvalue weighted by molar-refractivity contribution is 0.686. The van der Waals surface area contributed by atoms with Crippen LogP contribution in [0.3, 0.4) is 0 Å². The van der Waals surface area contributed by atoms with Crippen LogP contribution >= 0.6 is 0 Å². The molecule has 0 aliphatic heterocycles. The summed E-state index contributed by atoms with van der Waals surface area (Å²) in [6, 6.07) is 7.80. The van der Waals surface area contributed by atoms with E-state index in [-0.39, 0.29) is 0 Å². The summed E-state index contributed by atoms with van der Waals surface area (Å²) >= 11 is 0. The first kappa shape index (κ1) is 9.42. The molecule has 1 N–H and O–H groups in total. The van der Waals surface area contributed by atoms with Crippen LogP contribution in [0, 0.1) is 0 Å². The molecule has 1 atom stereocenters. The van der Waals surface area contributed by atoms with Crippen LogP contribution in [-0.2, 0) is 17.3 Å². The van der Waals surface area contributed by atoms with E-state index in [2.05, 4.69) is 5.32 Å². The molecule has 1 rings (SSSR count). The summed E-state index contributed by atoms with van der Waals surface area (Å²) in [6.07, 6.45) is 1.69. The van der Waals surface area contributed by atoms with E-state index in [0.29, 0.717) is 0 Å². The molecule has 0 aliphatic rings. The van der Waals surface area contributed by atoms with Crippen molar-refractivity contribution in [2.24, 2.45) is 0 Å².